The quantitative estimate of drug-likeness (QED) is 0.868. The van der Waals surface area contributed by atoms with Crippen LogP contribution >= 0.6 is 11.6 Å². The Morgan fingerprint density at radius 1 is 1.25 bits per heavy atom. The van der Waals surface area contributed by atoms with E-state index in [9.17, 15) is 9.59 Å². The van der Waals surface area contributed by atoms with Gasteiger partial charge in [0.2, 0.25) is 0 Å². The van der Waals surface area contributed by atoms with Crippen LogP contribution in [0.25, 0.3) is 0 Å². The Kier molecular flexibility index (Phi) is 5.36. The van der Waals surface area contributed by atoms with Gasteiger partial charge in [-0.15, -0.1) is 0 Å². The number of aromatic nitrogens is 1. The number of hydrogen-bond acceptors (Lipinski definition) is 2. The molecule has 1 heterocycles. The highest BCUT2D eigenvalue weighted by Crippen LogP contribution is 2.36. The maximum atomic E-state index is 12.4. The Bertz CT molecular complexity index is 751. The molecule has 2 aromatic rings. The first-order chi connectivity index (χ1) is 11.6. The number of carbonyl (C=O) groups excluding carboxylic acids is 1. The molecule has 1 aromatic heterocycles. The summed E-state index contributed by atoms with van der Waals surface area (Å²) >= 11 is 5.87. The number of pyridine rings is 1. The van der Waals surface area contributed by atoms with Gasteiger partial charge in [-0.1, -0.05) is 54.8 Å². The van der Waals surface area contributed by atoms with Crippen molar-refractivity contribution in [2.75, 3.05) is 6.54 Å². The second-order valence-electron chi connectivity index (χ2n) is 6.33. The maximum Gasteiger partial charge on any atom is 0.260 e. The molecule has 126 valence electrons. The van der Waals surface area contributed by atoms with Gasteiger partial charge in [0.25, 0.3) is 11.5 Å². The Morgan fingerprint density at radius 3 is 2.67 bits per heavy atom. The van der Waals surface area contributed by atoms with Crippen LogP contribution in [0.4, 0.5) is 0 Å². The van der Waals surface area contributed by atoms with Crippen molar-refractivity contribution in [1.29, 1.82) is 0 Å². The summed E-state index contributed by atoms with van der Waals surface area (Å²) in [6.45, 7) is 0.527. The molecule has 4 nitrogen and oxygen atoms in total. The highest BCUT2D eigenvalue weighted by molar-refractivity contribution is 6.30. The zero-order valence-corrected chi connectivity index (χ0v) is 14.2. The molecular formula is C19H21ClN2O2. The molecule has 1 aromatic carbocycles. The van der Waals surface area contributed by atoms with Gasteiger partial charge in [-0.3, -0.25) is 9.59 Å². The number of amides is 1. The first-order valence-electron chi connectivity index (χ1n) is 8.36. The summed E-state index contributed by atoms with van der Waals surface area (Å²) in [4.78, 5) is 26.7. The van der Waals surface area contributed by atoms with Crippen molar-refractivity contribution in [3.8, 4) is 0 Å². The summed E-state index contributed by atoms with van der Waals surface area (Å²) in [6.07, 6.45) is 6.25. The van der Waals surface area contributed by atoms with Crippen LogP contribution in [0.15, 0.2) is 47.4 Å². The fourth-order valence-electron chi connectivity index (χ4n) is 3.54. The van der Waals surface area contributed by atoms with Crippen molar-refractivity contribution in [3.63, 3.8) is 0 Å². The molecule has 24 heavy (non-hydrogen) atoms. The molecule has 0 unspecified atom stereocenters. The molecule has 0 saturated heterocycles. The molecule has 1 fully saturated rings. The number of halogens is 1. The van der Waals surface area contributed by atoms with Crippen LogP contribution in [0, 0.1) is 5.92 Å². The SMILES string of the molecule is O=C(NC[C@@H](c1ccccc1)C1CCCC1)c1cc(Cl)c[nH]c1=O. The third-order valence-corrected chi connectivity index (χ3v) is 5.01. The minimum Gasteiger partial charge on any atom is -0.351 e. The first-order valence-corrected chi connectivity index (χ1v) is 8.74. The van der Waals surface area contributed by atoms with Gasteiger partial charge in [-0.25, -0.2) is 0 Å². The number of benzene rings is 1. The Labute approximate surface area is 146 Å². The lowest BCUT2D eigenvalue weighted by Crippen LogP contribution is -2.34. The summed E-state index contributed by atoms with van der Waals surface area (Å²) in [5, 5.41) is 3.27. The van der Waals surface area contributed by atoms with E-state index in [1.54, 1.807) is 0 Å². The predicted octanol–water partition coefficient (Wildman–Crippen LogP) is 3.73. The van der Waals surface area contributed by atoms with Crippen LogP contribution in [0.2, 0.25) is 5.02 Å². The molecule has 1 aliphatic rings. The van der Waals surface area contributed by atoms with Gasteiger partial charge < -0.3 is 10.3 Å². The van der Waals surface area contributed by atoms with Crippen LogP contribution in [0.3, 0.4) is 0 Å². The van der Waals surface area contributed by atoms with Gasteiger partial charge in [0, 0.05) is 18.7 Å². The van der Waals surface area contributed by atoms with E-state index in [0.717, 1.165) is 0 Å². The average molecular weight is 345 g/mol. The average Bonchev–Trinajstić information content (AvgIpc) is 3.12. The van der Waals surface area contributed by atoms with E-state index in [0.29, 0.717) is 17.5 Å². The van der Waals surface area contributed by atoms with E-state index in [1.807, 2.05) is 18.2 Å². The van der Waals surface area contributed by atoms with Crippen molar-refractivity contribution in [3.05, 3.63) is 69.1 Å². The fraction of sp³-hybridized carbons (Fsp3) is 0.368. The Morgan fingerprint density at radius 2 is 1.96 bits per heavy atom. The monoisotopic (exact) mass is 344 g/mol. The minimum atomic E-state index is -0.422. The van der Waals surface area contributed by atoms with E-state index in [1.165, 1.54) is 43.5 Å². The van der Waals surface area contributed by atoms with Crippen molar-refractivity contribution in [2.45, 2.75) is 31.6 Å². The molecule has 0 radical (unpaired) electrons. The summed E-state index contributed by atoms with van der Waals surface area (Å²) < 4.78 is 0. The zero-order valence-electron chi connectivity index (χ0n) is 13.4. The molecule has 3 rings (SSSR count). The topological polar surface area (TPSA) is 62.0 Å². The van der Waals surface area contributed by atoms with Crippen LogP contribution in [0.5, 0.6) is 0 Å². The van der Waals surface area contributed by atoms with Gasteiger partial charge in [0.1, 0.15) is 5.56 Å². The lowest BCUT2D eigenvalue weighted by atomic mass is 9.85. The highest BCUT2D eigenvalue weighted by Gasteiger charge is 2.27. The molecule has 0 aliphatic heterocycles. The predicted molar refractivity (Wildman–Crippen MR) is 95.5 cm³/mol. The number of rotatable bonds is 5. The molecular weight excluding hydrogens is 324 g/mol. The molecule has 1 saturated carbocycles. The minimum absolute atomic E-state index is 0.0562. The largest absolute Gasteiger partial charge is 0.351 e. The number of hydrogen-bond donors (Lipinski definition) is 2. The van der Waals surface area contributed by atoms with Crippen molar-refractivity contribution < 1.29 is 4.79 Å². The first kappa shape index (κ1) is 16.8. The standard InChI is InChI=1S/C19H21ClN2O2/c20-15-10-16(18(23)21-11-15)19(24)22-12-17(14-8-4-5-9-14)13-6-2-1-3-7-13/h1-3,6-7,10-11,14,17H,4-5,8-9,12H2,(H,21,23)(H,22,24)/t17-/m0/s1. The van der Waals surface area contributed by atoms with E-state index in [2.05, 4.69) is 22.4 Å². The summed E-state index contributed by atoms with van der Waals surface area (Å²) in [6, 6.07) is 11.7. The fourth-order valence-corrected chi connectivity index (χ4v) is 3.70. The van der Waals surface area contributed by atoms with E-state index < -0.39 is 5.56 Å². The van der Waals surface area contributed by atoms with E-state index in [4.69, 9.17) is 11.6 Å². The second-order valence-corrected chi connectivity index (χ2v) is 6.77. The number of H-pyrrole nitrogens is 1. The third kappa shape index (κ3) is 3.88. The summed E-state index contributed by atoms with van der Waals surface area (Å²) in [7, 11) is 0. The van der Waals surface area contributed by atoms with E-state index in [-0.39, 0.29) is 17.4 Å². The Balaban J connectivity index is 1.75. The van der Waals surface area contributed by atoms with Crippen LogP contribution in [-0.4, -0.2) is 17.4 Å². The van der Waals surface area contributed by atoms with Crippen molar-refractivity contribution >= 4 is 17.5 Å². The molecule has 2 N–H and O–H groups in total. The lowest BCUT2D eigenvalue weighted by molar-refractivity contribution is 0.0946. The number of carbonyl (C=O) groups is 1. The van der Waals surface area contributed by atoms with Crippen LogP contribution in [0.1, 0.15) is 47.5 Å². The highest BCUT2D eigenvalue weighted by atomic mass is 35.5. The van der Waals surface area contributed by atoms with Gasteiger partial charge in [0.05, 0.1) is 5.02 Å². The van der Waals surface area contributed by atoms with Gasteiger partial charge in [0.15, 0.2) is 0 Å². The van der Waals surface area contributed by atoms with Crippen LogP contribution in [-0.2, 0) is 0 Å². The maximum absolute atomic E-state index is 12.4. The molecule has 0 spiro atoms. The smallest absolute Gasteiger partial charge is 0.260 e. The lowest BCUT2D eigenvalue weighted by Gasteiger charge is -2.24. The normalized spacial score (nSPS) is 16.0. The Hall–Kier alpha value is -2.07. The summed E-state index contributed by atoms with van der Waals surface area (Å²) in [5.74, 6) is 0.471. The second kappa shape index (κ2) is 7.67. The van der Waals surface area contributed by atoms with Gasteiger partial charge in [-0.05, 0) is 30.4 Å². The van der Waals surface area contributed by atoms with E-state index >= 15 is 0 Å². The number of aromatic amines is 1. The zero-order chi connectivity index (χ0) is 16.9. The molecule has 0 bridgehead atoms. The summed E-state index contributed by atoms with van der Waals surface area (Å²) in [5.41, 5.74) is 0.875. The molecule has 5 heteroatoms. The number of nitrogens with one attached hydrogen (secondary N) is 2. The van der Waals surface area contributed by atoms with Gasteiger partial charge >= 0.3 is 0 Å². The molecule has 1 aliphatic carbocycles. The van der Waals surface area contributed by atoms with Crippen molar-refractivity contribution in [2.24, 2.45) is 5.92 Å². The van der Waals surface area contributed by atoms with Crippen LogP contribution < -0.4 is 10.9 Å². The van der Waals surface area contributed by atoms with Gasteiger partial charge in [-0.2, -0.15) is 0 Å². The molecule has 1 atom stereocenters. The van der Waals surface area contributed by atoms with Crippen molar-refractivity contribution in [1.82, 2.24) is 10.3 Å². The molecule has 1 amide bonds. The third-order valence-electron chi connectivity index (χ3n) is 4.79.